The van der Waals surface area contributed by atoms with Gasteiger partial charge in [-0.25, -0.2) is 0 Å². The van der Waals surface area contributed by atoms with Gasteiger partial charge in [0.1, 0.15) is 0 Å². The van der Waals surface area contributed by atoms with Crippen molar-refractivity contribution in [2.75, 3.05) is 13.1 Å². The molecule has 1 saturated carbocycles. The first-order valence-corrected chi connectivity index (χ1v) is 10.2. The summed E-state index contributed by atoms with van der Waals surface area (Å²) in [7, 11) is 0. The number of rotatable bonds is 2. The van der Waals surface area contributed by atoms with Gasteiger partial charge >= 0.3 is 0 Å². The van der Waals surface area contributed by atoms with Crippen molar-refractivity contribution < 1.29 is 9.59 Å². The van der Waals surface area contributed by atoms with Crippen molar-refractivity contribution in [3.8, 4) is 0 Å². The van der Waals surface area contributed by atoms with Gasteiger partial charge in [0.25, 0.3) is 0 Å². The van der Waals surface area contributed by atoms with Gasteiger partial charge in [0.15, 0.2) is 0 Å². The molecule has 0 unspecified atom stereocenters. The molecule has 0 radical (unpaired) electrons. The Balaban J connectivity index is 1.70. The molecule has 4 rings (SSSR count). The molecule has 0 N–H and O–H groups in total. The van der Waals surface area contributed by atoms with Crippen LogP contribution in [0, 0.1) is 11.8 Å². The van der Waals surface area contributed by atoms with E-state index in [1.54, 1.807) is 6.92 Å². The number of likely N-dealkylation sites (tertiary alicyclic amines) is 2. The fraction of sp³-hybridized carbons (Fsp3) is 0.636. The first kappa shape index (κ1) is 17.6. The molecule has 2 heterocycles. The summed E-state index contributed by atoms with van der Waals surface area (Å²) in [6, 6.07) is 10.8. The van der Waals surface area contributed by atoms with E-state index in [1.165, 1.54) is 5.56 Å². The molecule has 3 aliphatic rings. The van der Waals surface area contributed by atoms with Gasteiger partial charge in [0.2, 0.25) is 11.8 Å². The maximum atomic E-state index is 13.1. The summed E-state index contributed by atoms with van der Waals surface area (Å²) in [4.78, 5) is 29.9. The number of carbonyl (C=O) groups excluding carboxylic acids is 2. The largest absolute Gasteiger partial charge is 0.337 e. The number of benzene rings is 1. The Labute approximate surface area is 156 Å². The summed E-state index contributed by atoms with van der Waals surface area (Å²) in [5.74, 6) is 1.43. The van der Waals surface area contributed by atoms with Crippen LogP contribution in [0.3, 0.4) is 0 Å². The lowest BCUT2D eigenvalue weighted by Crippen LogP contribution is -2.51. The zero-order valence-electron chi connectivity index (χ0n) is 15.9. The SMILES string of the molecule is CC(=O)N1CCCCC[C@@H]2[C@@H]1[C@H](c1ccccc1)CN2C(=O)[C@H]1C[C@@H]1C. The Morgan fingerprint density at radius 3 is 2.42 bits per heavy atom. The minimum atomic E-state index is 0.119. The molecule has 4 heteroatoms. The fourth-order valence-electron chi connectivity index (χ4n) is 5.12. The Kier molecular flexibility index (Phi) is 4.76. The van der Waals surface area contributed by atoms with Crippen LogP contribution in [0.15, 0.2) is 30.3 Å². The molecular formula is C22H30N2O2. The highest BCUT2D eigenvalue weighted by atomic mass is 16.2. The van der Waals surface area contributed by atoms with Crippen LogP contribution in [0.5, 0.6) is 0 Å². The molecule has 0 spiro atoms. The highest BCUT2D eigenvalue weighted by Gasteiger charge is 2.51. The number of hydrogen-bond acceptors (Lipinski definition) is 2. The number of nitrogens with zero attached hydrogens (tertiary/aromatic N) is 2. The van der Waals surface area contributed by atoms with Crippen LogP contribution in [-0.4, -0.2) is 46.8 Å². The molecule has 2 amide bonds. The van der Waals surface area contributed by atoms with Crippen molar-refractivity contribution in [1.82, 2.24) is 9.80 Å². The van der Waals surface area contributed by atoms with E-state index in [1.807, 2.05) is 6.07 Å². The molecule has 2 aliphatic heterocycles. The summed E-state index contributed by atoms with van der Waals surface area (Å²) >= 11 is 0. The molecule has 1 aliphatic carbocycles. The van der Waals surface area contributed by atoms with Crippen molar-refractivity contribution in [2.45, 2.75) is 64.0 Å². The Morgan fingerprint density at radius 2 is 1.77 bits per heavy atom. The molecule has 140 valence electrons. The average Bonchev–Trinajstić information content (AvgIpc) is 3.23. The Hall–Kier alpha value is -1.84. The lowest BCUT2D eigenvalue weighted by atomic mass is 9.87. The lowest BCUT2D eigenvalue weighted by molar-refractivity contribution is -0.137. The number of fused-ring (bicyclic) bond motifs is 1. The molecule has 1 aromatic rings. The highest BCUT2D eigenvalue weighted by Crippen LogP contribution is 2.44. The van der Waals surface area contributed by atoms with Crippen LogP contribution < -0.4 is 0 Å². The van der Waals surface area contributed by atoms with Crippen LogP contribution >= 0.6 is 0 Å². The molecule has 1 aromatic carbocycles. The van der Waals surface area contributed by atoms with Gasteiger partial charge in [-0.05, 0) is 30.7 Å². The van der Waals surface area contributed by atoms with Gasteiger partial charge < -0.3 is 9.80 Å². The quantitative estimate of drug-likeness (QED) is 0.816. The molecular weight excluding hydrogens is 324 g/mol. The van der Waals surface area contributed by atoms with Crippen LogP contribution in [0.2, 0.25) is 0 Å². The van der Waals surface area contributed by atoms with Crippen molar-refractivity contribution in [2.24, 2.45) is 11.8 Å². The van der Waals surface area contributed by atoms with E-state index in [9.17, 15) is 9.59 Å². The molecule has 2 saturated heterocycles. The summed E-state index contributed by atoms with van der Waals surface area (Å²) in [5.41, 5.74) is 1.26. The number of hydrogen-bond donors (Lipinski definition) is 0. The van der Waals surface area contributed by atoms with E-state index in [0.29, 0.717) is 11.8 Å². The highest BCUT2D eigenvalue weighted by molar-refractivity contribution is 5.83. The van der Waals surface area contributed by atoms with Crippen molar-refractivity contribution >= 4 is 11.8 Å². The van der Waals surface area contributed by atoms with Crippen molar-refractivity contribution in [3.63, 3.8) is 0 Å². The van der Waals surface area contributed by atoms with E-state index in [0.717, 1.165) is 45.2 Å². The first-order chi connectivity index (χ1) is 12.6. The second-order valence-electron chi connectivity index (χ2n) is 8.45. The van der Waals surface area contributed by atoms with Gasteiger partial charge in [-0.15, -0.1) is 0 Å². The topological polar surface area (TPSA) is 40.6 Å². The van der Waals surface area contributed by atoms with Gasteiger partial charge in [-0.3, -0.25) is 9.59 Å². The summed E-state index contributed by atoms with van der Waals surface area (Å²) in [5, 5.41) is 0. The predicted molar refractivity (Wildman–Crippen MR) is 102 cm³/mol. The third-order valence-corrected chi connectivity index (χ3v) is 6.70. The van der Waals surface area contributed by atoms with Crippen LogP contribution in [0.25, 0.3) is 0 Å². The van der Waals surface area contributed by atoms with Crippen molar-refractivity contribution in [3.05, 3.63) is 35.9 Å². The summed E-state index contributed by atoms with van der Waals surface area (Å²) in [6.07, 6.45) is 5.41. The maximum absolute atomic E-state index is 13.1. The average molecular weight is 354 g/mol. The zero-order valence-corrected chi connectivity index (χ0v) is 15.9. The van der Waals surface area contributed by atoms with E-state index in [4.69, 9.17) is 0 Å². The predicted octanol–water partition coefficient (Wildman–Crippen LogP) is 3.43. The molecule has 26 heavy (non-hydrogen) atoms. The van der Waals surface area contributed by atoms with E-state index < -0.39 is 0 Å². The van der Waals surface area contributed by atoms with Gasteiger partial charge in [-0.2, -0.15) is 0 Å². The molecule has 4 nitrogen and oxygen atoms in total. The molecule has 0 bridgehead atoms. The van der Waals surface area contributed by atoms with Crippen LogP contribution in [0.1, 0.15) is 57.4 Å². The van der Waals surface area contributed by atoms with E-state index in [-0.39, 0.29) is 29.8 Å². The minimum absolute atomic E-state index is 0.119. The maximum Gasteiger partial charge on any atom is 0.226 e. The summed E-state index contributed by atoms with van der Waals surface area (Å²) < 4.78 is 0. The Morgan fingerprint density at radius 1 is 1.04 bits per heavy atom. The molecule has 0 aromatic heterocycles. The second-order valence-corrected chi connectivity index (χ2v) is 8.45. The monoisotopic (exact) mass is 354 g/mol. The third-order valence-electron chi connectivity index (χ3n) is 6.70. The Bertz CT molecular complexity index is 674. The van der Waals surface area contributed by atoms with Gasteiger partial charge in [0.05, 0.1) is 12.1 Å². The minimum Gasteiger partial charge on any atom is -0.337 e. The first-order valence-electron chi connectivity index (χ1n) is 10.2. The number of carbonyl (C=O) groups is 2. The normalized spacial score (nSPS) is 34.0. The van der Waals surface area contributed by atoms with Crippen LogP contribution in [-0.2, 0) is 9.59 Å². The standard InChI is InChI=1S/C22H30N2O2/c1-15-13-18(15)22(26)24-14-19(17-9-5-3-6-10-17)21-20(24)11-7-4-8-12-23(21)16(2)25/h3,5-6,9-10,15,18-21H,4,7-8,11-14H2,1-2H3/t15-,18-,19-,20+,21-/m0/s1. The smallest absolute Gasteiger partial charge is 0.226 e. The zero-order chi connectivity index (χ0) is 18.3. The third kappa shape index (κ3) is 3.15. The van der Waals surface area contributed by atoms with E-state index >= 15 is 0 Å². The summed E-state index contributed by atoms with van der Waals surface area (Å²) in [6.45, 7) is 5.44. The van der Waals surface area contributed by atoms with Crippen molar-refractivity contribution in [1.29, 1.82) is 0 Å². The number of amides is 2. The fourth-order valence-corrected chi connectivity index (χ4v) is 5.12. The molecule has 5 atom stereocenters. The lowest BCUT2D eigenvalue weighted by Gasteiger charge is -2.38. The van der Waals surface area contributed by atoms with Gasteiger partial charge in [0, 0.05) is 31.8 Å². The molecule has 3 fully saturated rings. The van der Waals surface area contributed by atoms with Crippen LogP contribution in [0.4, 0.5) is 0 Å². The van der Waals surface area contributed by atoms with Gasteiger partial charge in [-0.1, -0.05) is 50.1 Å². The second kappa shape index (κ2) is 7.05. The van der Waals surface area contributed by atoms with E-state index in [2.05, 4.69) is 41.0 Å².